The van der Waals surface area contributed by atoms with Crippen LogP contribution >= 0.6 is 11.8 Å². The van der Waals surface area contributed by atoms with Crippen molar-refractivity contribution >= 4 is 28.9 Å². The minimum absolute atomic E-state index is 0.277. The SMILES string of the molecule is CC1(Cn2c(N)nc3cccnc32)CCCS1. The Hall–Kier alpha value is -1.23. The summed E-state index contributed by atoms with van der Waals surface area (Å²) in [6.45, 7) is 3.20. The van der Waals surface area contributed by atoms with Crippen LogP contribution in [0.1, 0.15) is 19.8 Å². The van der Waals surface area contributed by atoms with Crippen molar-refractivity contribution in [3.8, 4) is 0 Å². The van der Waals surface area contributed by atoms with Crippen molar-refractivity contribution in [2.45, 2.75) is 31.1 Å². The fourth-order valence-corrected chi connectivity index (χ4v) is 3.72. The van der Waals surface area contributed by atoms with E-state index in [2.05, 4.69) is 16.9 Å². The molecule has 1 unspecified atom stereocenters. The molecule has 3 heterocycles. The summed E-state index contributed by atoms with van der Waals surface area (Å²) in [5, 5.41) is 0. The number of thioether (sulfide) groups is 1. The van der Waals surface area contributed by atoms with Crippen LogP contribution in [0, 0.1) is 0 Å². The van der Waals surface area contributed by atoms with Crippen LogP contribution in [0.25, 0.3) is 11.2 Å². The molecule has 1 aliphatic rings. The number of nitrogens with zero attached hydrogens (tertiary/aromatic N) is 3. The number of hydrogen-bond donors (Lipinski definition) is 1. The van der Waals surface area contributed by atoms with E-state index in [9.17, 15) is 0 Å². The van der Waals surface area contributed by atoms with Gasteiger partial charge >= 0.3 is 0 Å². The van der Waals surface area contributed by atoms with Gasteiger partial charge in [0.25, 0.3) is 0 Å². The first-order valence-electron chi connectivity index (χ1n) is 5.89. The first kappa shape index (κ1) is 10.9. The molecule has 0 aromatic carbocycles. The number of rotatable bonds is 2. The number of pyridine rings is 1. The first-order chi connectivity index (χ1) is 8.18. The van der Waals surface area contributed by atoms with Gasteiger partial charge in [0, 0.05) is 17.5 Å². The second-order valence-electron chi connectivity index (χ2n) is 4.80. The van der Waals surface area contributed by atoms with Gasteiger partial charge in [0.2, 0.25) is 5.95 Å². The molecule has 2 N–H and O–H groups in total. The minimum atomic E-state index is 0.277. The Morgan fingerprint density at radius 1 is 1.59 bits per heavy atom. The van der Waals surface area contributed by atoms with E-state index < -0.39 is 0 Å². The maximum Gasteiger partial charge on any atom is 0.202 e. The largest absolute Gasteiger partial charge is 0.369 e. The summed E-state index contributed by atoms with van der Waals surface area (Å²) >= 11 is 2.03. The molecule has 0 aliphatic carbocycles. The lowest BCUT2D eigenvalue weighted by Crippen LogP contribution is -2.24. The van der Waals surface area contributed by atoms with Crippen molar-refractivity contribution in [2.75, 3.05) is 11.5 Å². The molecule has 0 saturated carbocycles. The molecule has 0 spiro atoms. The summed E-state index contributed by atoms with van der Waals surface area (Å²) in [7, 11) is 0. The van der Waals surface area contributed by atoms with Crippen LogP contribution in [-0.2, 0) is 6.54 Å². The van der Waals surface area contributed by atoms with Gasteiger partial charge in [-0.1, -0.05) is 0 Å². The van der Waals surface area contributed by atoms with E-state index in [1.54, 1.807) is 6.20 Å². The number of imidazole rings is 1. The average molecular weight is 248 g/mol. The second-order valence-corrected chi connectivity index (χ2v) is 6.49. The highest BCUT2D eigenvalue weighted by atomic mass is 32.2. The van der Waals surface area contributed by atoms with Gasteiger partial charge in [-0.2, -0.15) is 11.8 Å². The topological polar surface area (TPSA) is 56.7 Å². The fourth-order valence-electron chi connectivity index (χ4n) is 2.43. The van der Waals surface area contributed by atoms with Crippen molar-refractivity contribution in [1.82, 2.24) is 14.5 Å². The Kier molecular flexibility index (Phi) is 2.50. The van der Waals surface area contributed by atoms with Crippen LogP contribution in [0.2, 0.25) is 0 Å². The van der Waals surface area contributed by atoms with Crippen molar-refractivity contribution in [3.63, 3.8) is 0 Å². The summed E-state index contributed by atoms with van der Waals surface area (Å²) in [6, 6.07) is 3.85. The third kappa shape index (κ3) is 1.88. The maximum atomic E-state index is 5.99. The molecule has 17 heavy (non-hydrogen) atoms. The number of fused-ring (bicyclic) bond motifs is 1. The smallest absolute Gasteiger partial charge is 0.202 e. The third-order valence-corrected chi connectivity index (χ3v) is 4.85. The molecule has 2 aromatic heterocycles. The van der Waals surface area contributed by atoms with Gasteiger partial charge in [0.05, 0.1) is 0 Å². The average Bonchev–Trinajstić information content (AvgIpc) is 2.86. The number of aromatic nitrogens is 3. The number of nitrogen functional groups attached to an aromatic ring is 1. The lowest BCUT2D eigenvalue weighted by Gasteiger charge is -2.23. The zero-order valence-corrected chi connectivity index (χ0v) is 10.7. The van der Waals surface area contributed by atoms with Gasteiger partial charge in [-0.05, 0) is 37.7 Å². The first-order valence-corrected chi connectivity index (χ1v) is 6.87. The van der Waals surface area contributed by atoms with Crippen LogP contribution in [0.3, 0.4) is 0 Å². The van der Waals surface area contributed by atoms with Crippen LogP contribution in [0.5, 0.6) is 0 Å². The molecule has 0 radical (unpaired) electrons. The molecule has 1 saturated heterocycles. The zero-order chi connectivity index (χ0) is 11.9. The Bertz CT molecular complexity index is 542. The molecule has 4 nitrogen and oxygen atoms in total. The van der Waals surface area contributed by atoms with Gasteiger partial charge < -0.3 is 5.73 Å². The van der Waals surface area contributed by atoms with Crippen molar-refractivity contribution in [2.24, 2.45) is 0 Å². The molecule has 2 aromatic rings. The van der Waals surface area contributed by atoms with Gasteiger partial charge in [-0.25, -0.2) is 9.97 Å². The standard InChI is InChI=1S/C12H16N4S/c1-12(5-3-7-17-12)8-16-10-9(15-11(16)13)4-2-6-14-10/h2,4,6H,3,5,7-8H2,1H3,(H2,13,15). The normalized spacial score (nSPS) is 24.5. The van der Waals surface area contributed by atoms with E-state index in [0.29, 0.717) is 5.95 Å². The van der Waals surface area contributed by atoms with E-state index in [0.717, 1.165) is 17.7 Å². The molecule has 1 aliphatic heterocycles. The minimum Gasteiger partial charge on any atom is -0.369 e. The molecule has 1 fully saturated rings. The predicted octanol–water partition coefficient (Wildman–Crippen LogP) is 2.30. The van der Waals surface area contributed by atoms with Gasteiger partial charge in [0.1, 0.15) is 5.52 Å². The molecule has 0 bridgehead atoms. The van der Waals surface area contributed by atoms with Crippen LogP contribution in [0.4, 0.5) is 5.95 Å². The summed E-state index contributed by atoms with van der Waals surface area (Å²) in [5.41, 5.74) is 7.78. The van der Waals surface area contributed by atoms with Crippen molar-refractivity contribution in [1.29, 1.82) is 0 Å². The van der Waals surface area contributed by atoms with E-state index >= 15 is 0 Å². The summed E-state index contributed by atoms with van der Waals surface area (Å²) < 4.78 is 2.33. The van der Waals surface area contributed by atoms with E-state index in [1.807, 2.05) is 28.5 Å². The Morgan fingerprint density at radius 2 is 2.47 bits per heavy atom. The maximum absolute atomic E-state index is 5.99. The molecule has 5 heteroatoms. The zero-order valence-electron chi connectivity index (χ0n) is 9.89. The summed E-state index contributed by atoms with van der Waals surface area (Å²) in [6.07, 6.45) is 4.33. The lowest BCUT2D eigenvalue weighted by atomic mass is 10.1. The fraction of sp³-hybridized carbons (Fsp3) is 0.500. The molecular formula is C12H16N4S. The third-order valence-electron chi connectivity index (χ3n) is 3.33. The van der Waals surface area contributed by atoms with Gasteiger partial charge in [-0.3, -0.25) is 4.57 Å². The Balaban J connectivity index is 2.02. The van der Waals surface area contributed by atoms with Crippen LogP contribution in [0.15, 0.2) is 18.3 Å². The molecule has 0 amide bonds. The second kappa shape index (κ2) is 3.91. The van der Waals surface area contributed by atoms with Gasteiger partial charge in [0.15, 0.2) is 5.65 Å². The molecular weight excluding hydrogens is 232 g/mol. The molecule has 90 valence electrons. The number of anilines is 1. The number of hydrogen-bond acceptors (Lipinski definition) is 4. The highest BCUT2D eigenvalue weighted by Crippen LogP contribution is 2.39. The lowest BCUT2D eigenvalue weighted by molar-refractivity contribution is 0.520. The summed E-state index contributed by atoms with van der Waals surface area (Å²) in [5.74, 6) is 1.82. The van der Waals surface area contributed by atoms with Crippen molar-refractivity contribution in [3.05, 3.63) is 18.3 Å². The Labute approximate surface area is 105 Å². The quantitative estimate of drug-likeness (QED) is 0.886. The Morgan fingerprint density at radius 3 is 3.24 bits per heavy atom. The number of nitrogens with two attached hydrogens (primary N) is 1. The van der Waals surface area contributed by atoms with Crippen LogP contribution in [-0.4, -0.2) is 25.0 Å². The highest BCUT2D eigenvalue weighted by molar-refractivity contribution is 8.00. The van der Waals surface area contributed by atoms with E-state index in [-0.39, 0.29) is 4.75 Å². The highest BCUT2D eigenvalue weighted by Gasteiger charge is 2.31. The van der Waals surface area contributed by atoms with Gasteiger partial charge in [-0.15, -0.1) is 0 Å². The monoisotopic (exact) mass is 248 g/mol. The molecule has 3 rings (SSSR count). The summed E-state index contributed by atoms with van der Waals surface area (Å²) in [4.78, 5) is 8.74. The van der Waals surface area contributed by atoms with Crippen LogP contribution < -0.4 is 5.73 Å². The van der Waals surface area contributed by atoms with E-state index in [4.69, 9.17) is 5.73 Å². The van der Waals surface area contributed by atoms with E-state index in [1.165, 1.54) is 18.6 Å². The van der Waals surface area contributed by atoms with Crippen molar-refractivity contribution < 1.29 is 0 Å². The predicted molar refractivity (Wildman–Crippen MR) is 72.0 cm³/mol. The molecule has 1 atom stereocenters.